The van der Waals surface area contributed by atoms with Crippen molar-refractivity contribution in [1.29, 1.82) is 0 Å². The van der Waals surface area contributed by atoms with Gasteiger partial charge in [-0.15, -0.1) is 12.4 Å². The first-order valence-electron chi connectivity index (χ1n) is 8.33. The quantitative estimate of drug-likeness (QED) is 0.770. The average Bonchev–Trinajstić information content (AvgIpc) is 3.11. The number of ether oxygens (including phenoxy) is 1. The lowest BCUT2D eigenvalue weighted by Crippen LogP contribution is -2.47. The van der Waals surface area contributed by atoms with Crippen molar-refractivity contribution in [3.63, 3.8) is 0 Å². The number of halogens is 2. The smallest absolute Gasteiger partial charge is 0.237 e. The SMILES string of the molecule is Cl.NC(C(=O)NCCc1nc(-c2cccc(Cl)c2)no1)C1CCOCC1. The maximum Gasteiger partial charge on any atom is 0.237 e. The Balaban J connectivity index is 0.00000243. The van der Waals surface area contributed by atoms with Crippen LogP contribution in [0.3, 0.4) is 0 Å². The standard InChI is InChI=1S/C17H21ClN4O3.ClH/c18-13-3-1-2-12(10-13)16-21-14(25-22-16)4-7-20-17(23)15(19)11-5-8-24-9-6-11;/h1-3,10-11,15H,4-9,19H2,(H,20,23);1H. The van der Waals surface area contributed by atoms with E-state index in [0.29, 0.717) is 42.9 Å². The number of rotatable bonds is 6. The summed E-state index contributed by atoms with van der Waals surface area (Å²) in [5.74, 6) is 0.950. The van der Waals surface area contributed by atoms with Crippen LogP contribution in [-0.4, -0.2) is 41.8 Å². The van der Waals surface area contributed by atoms with Gasteiger partial charge in [-0.1, -0.05) is 28.9 Å². The molecule has 1 unspecified atom stereocenters. The lowest BCUT2D eigenvalue weighted by molar-refractivity contribution is -0.124. The van der Waals surface area contributed by atoms with E-state index in [9.17, 15) is 4.79 Å². The van der Waals surface area contributed by atoms with Crippen LogP contribution in [-0.2, 0) is 16.0 Å². The predicted octanol–water partition coefficient (Wildman–Crippen LogP) is 2.22. The summed E-state index contributed by atoms with van der Waals surface area (Å²) in [6, 6.07) is 6.73. The largest absolute Gasteiger partial charge is 0.381 e. The molecule has 1 atom stereocenters. The molecule has 9 heteroatoms. The van der Waals surface area contributed by atoms with E-state index in [0.717, 1.165) is 18.4 Å². The highest BCUT2D eigenvalue weighted by Crippen LogP contribution is 2.20. The van der Waals surface area contributed by atoms with Crippen molar-refractivity contribution >= 4 is 29.9 Å². The van der Waals surface area contributed by atoms with Gasteiger partial charge in [-0.2, -0.15) is 4.98 Å². The van der Waals surface area contributed by atoms with E-state index in [-0.39, 0.29) is 24.2 Å². The molecule has 0 aliphatic carbocycles. The molecule has 0 spiro atoms. The molecule has 1 aliphatic heterocycles. The molecule has 2 heterocycles. The number of aromatic nitrogens is 2. The average molecular weight is 401 g/mol. The summed E-state index contributed by atoms with van der Waals surface area (Å²) in [6.07, 6.45) is 2.09. The third kappa shape index (κ3) is 5.41. The Labute approximate surface area is 163 Å². The number of nitrogens with zero attached hydrogens (tertiary/aromatic N) is 2. The van der Waals surface area contributed by atoms with Crippen LogP contribution < -0.4 is 11.1 Å². The number of benzene rings is 1. The van der Waals surface area contributed by atoms with E-state index in [1.54, 1.807) is 12.1 Å². The van der Waals surface area contributed by atoms with Gasteiger partial charge < -0.3 is 20.3 Å². The number of nitrogens with one attached hydrogen (secondary N) is 1. The minimum absolute atomic E-state index is 0. The van der Waals surface area contributed by atoms with Crippen LogP contribution in [0.1, 0.15) is 18.7 Å². The molecule has 3 rings (SSSR count). The molecule has 7 nitrogen and oxygen atoms in total. The Bertz CT molecular complexity index is 720. The zero-order chi connectivity index (χ0) is 17.6. The maximum absolute atomic E-state index is 12.1. The highest BCUT2D eigenvalue weighted by molar-refractivity contribution is 6.30. The Morgan fingerprint density at radius 2 is 2.15 bits per heavy atom. The second-order valence-corrected chi connectivity index (χ2v) is 6.48. The van der Waals surface area contributed by atoms with Gasteiger partial charge in [0, 0.05) is 36.8 Å². The Morgan fingerprint density at radius 3 is 2.88 bits per heavy atom. The zero-order valence-corrected chi connectivity index (χ0v) is 15.8. The van der Waals surface area contributed by atoms with E-state index in [1.807, 2.05) is 12.1 Å². The molecule has 1 aliphatic rings. The molecule has 0 saturated carbocycles. The van der Waals surface area contributed by atoms with E-state index in [4.69, 9.17) is 26.6 Å². The van der Waals surface area contributed by atoms with Gasteiger partial charge in [-0.25, -0.2) is 0 Å². The topological polar surface area (TPSA) is 103 Å². The fraction of sp³-hybridized carbons (Fsp3) is 0.471. The Kier molecular flexibility index (Phi) is 7.84. The van der Waals surface area contributed by atoms with Crippen molar-refractivity contribution in [2.75, 3.05) is 19.8 Å². The minimum Gasteiger partial charge on any atom is -0.381 e. The van der Waals surface area contributed by atoms with Crippen molar-refractivity contribution in [3.8, 4) is 11.4 Å². The molecule has 0 radical (unpaired) electrons. The minimum atomic E-state index is -0.506. The lowest BCUT2D eigenvalue weighted by atomic mass is 9.92. The summed E-state index contributed by atoms with van der Waals surface area (Å²) in [5, 5.41) is 7.38. The normalized spacial score (nSPS) is 15.9. The van der Waals surface area contributed by atoms with Crippen molar-refractivity contribution in [1.82, 2.24) is 15.5 Å². The third-order valence-electron chi connectivity index (χ3n) is 4.27. The summed E-state index contributed by atoms with van der Waals surface area (Å²) in [6.45, 7) is 1.73. The van der Waals surface area contributed by atoms with E-state index in [2.05, 4.69) is 15.5 Å². The molecule has 2 aromatic rings. The van der Waals surface area contributed by atoms with Crippen molar-refractivity contribution < 1.29 is 14.1 Å². The van der Waals surface area contributed by atoms with E-state index < -0.39 is 6.04 Å². The van der Waals surface area contributed by atoms with Crippen LogP contribution in [0.15, 0.2) is 28.8 Å². The molecule has 1 aromatic heterocycles. The molecule has 1 aromatic carbocycles. The van der Waals surface area contributed by atoms with Crippen molar-refractivity contribution in [2.24, 2.45) is 11.7 Å². The second-order valence-electron chi connectivity index (χ2n) is 6.04. The first-order chi connectivity index (χ1) is 12.1. The summed E-state index contributed by atoms with van der Waals surface area (Å²) in [5.41, 5.74) is 6.82. The van der Waals surface area contributed by atoms with E-state index >= 15 is 0 Å². The highest BCUT2D eigenvalue weighted by Gasteiger charge is 2.26. The summed E-state index contributed by atoms with van der Waals surface area (Å²) in [4.78, 5) is 16.5. The van der Waals surface area contributed by atoms with Gasteiger partial charge in [0.2, 0.25) is 17.6 Å². The van der Waals surface area contributed by atoms with Gasteiger partial charge in [0.1, 0.15) is 0 Å². The number of hydrogen-bond acceptors (Lipinski definition) is 6. The molecule has 0 bridgehead atoms. The first-order valence-corrected chi connectivity index (χ1v) is 8.71. The fourth-order valence-electron chi connectivity index (χ4n) is 2.80. The molecular formula is C17H22Cl2N4O3. The summed E-state index contributed by atoms with van der Waals surface area (Å²) in [7, 11) is 0. The fourth-order valence-corrected chi connectivity index (χ4v) is 2.99. The van der Waals surface area contributed by atoms with E-state index in [1.165, 1.54) is 0 Å². The van der Waals surface area contributed by atoms with Gasteiger partial charge in [-0.05, 0) is 30.9 Å². The summed E-state index contributed by atoms with van der Waals surface area (Å²) < 4.78 is 10.5. The number of amides is 1. The summed E-state index contributed by atoms with van der Waals surface area (Å²) >= 11 is 5.96. The molecule has 1 amide bonds. The molecule has 142 valence electrons. The van der Waals surface area contributed by atoms with Crippen molar-refractivity contribution in [3.05, 3.63) is 35.2 Å². The number of hydrogen-bond donors (Lipinski definition) is 2. The van der Waals surface area contributed by atoms with Gasteiger partial charge in [-0.3, -0.25) is 4.79 Å². The molecule has 1 saturated heterocycles. The van der Waals surface area contributed by atoms with Gasteiger partial charge in [0.15, 0.2) is 0 Å². The van der Waals surface area contributed by atoms with Crippen molar-refractivity contribution in [2.45, 2.75) is 25.3 Å². The third-order valence-corrected chi connectivity index (χ3v) is 4.50. The van der Waals surface area contributed by atoms with Crippen LogP contribution >= 0.6 is 24.0 Å². The number of nitrogens with two attached hydrogens (primary N) is 1. The van der Waals surface area contributed by atoms with Crippen LogP contribution in [0.4, 0.5) is 0 Å². The number of carbonyl (C=O) groups excluding carboxylic acids is 1. The predicted molar refractivity (Wildman–Crippen MR) is 100 cm³/mol. The highest BCUT2D eigenvalue weighted by atomic mass is 35.5. The Morgan fingerprint density at radius 1 is 1.38 bits per heavy atom. The molecule has 1 fully saturated rings. The van der Waals surface area contributed by atoms with Crippen LogP contribution in [0.2, 0.25) is 5.02 Å². The maximum atomic E-state index is 12.1. The number of carbonyl (C=O) groups is 1. The van der Waals surface area contributed by atoms with Crippen LogP contribution in [0.25, 0.3) is 11.4 Å². The monoisotopic (exact) mass is 400 g/mol. The lowest BCUT2D eigenvalue weighted by Gasteiger charge is -2.26. The van der Waals surface area contributed by atoms with Gasteiger partial charge >= 0.3 is 0 Å². The first kappa shape index (κ1) is 20.6. The second kappa shape index (κ2) is 9.87. The zero-order valence-electron chi connectivity index (χ0n) is 14.2. The molecule has 3 N–H and O–H groups in total. The van der Waals surface area contributed by atoms with Crippen LogP contribution in [0, 0.1) is 5.92 Å². The molecule has 26 heavy (non-hydrogen) atoms. The van der Waals surface area contributed by atoms with Crippen LogP contribution in [0.5, 0.6) is 0 Å². The van der Waals surface area contributed by atoms with Gasteiger partial charge in [0.25, 0.3) is 0 Å². The van der Waals surface area contributed by atoms with Gasteiger partial charge in [0.05, 0.1) is 6.04 Å². The molecular weight excluding hydrogens is 379 g/mol. The Hall–Kier alpha value is -1.67.